The summed E-state index contributed by atoms with van der Waals surface area (Å²) >= 11 is 0. The van der Waals surface area contributed by atoms with Gasteiger partial charge in [0.25, 0.3) is 0 Å². The second-order valence-electron chi connectivity index (χ2n) is 12.2. The maximum atomic E-state index is 15.0. The summed E-state index contributed by atoms with van der Waals surface area (Å²) in [6.45, 7) is 1.55. The number of carbonyl (C=O) groups is 1. The van der Waals surface area contributed by atoms with Gasteiger partial charge in [-0.1, -0.05) is 6.07 Å². The summed E-state index contributed by atoms with van der Waals surface area (Å²) < 4.78 is 107. The number of hydrogen-bond acceptors (Lipinski definition) is 6. The average molecular weight is 625 g/mol. The standard InChI is InChI=1S/C30H26F6N2O6/c1-15(16-5-8-20-23(9-16)44-30(35,36)43-20)41-22-10-17(6-7-19(22)31)38-25-18(26(37-38)29(32,33)34)3-2-4-21(25)42-28-12-27(13-28,14-28)11-24(39)40/h5-10,15,21H,2-4,11-14H2,1H3,(H,39,40)/t15-,21-,27?,28?/m0/s1. The monoisotopic (exact) mass is 624 g/mol. The van der Waals surface area contributed by atoms with Crippen LogP contribution in [0.1, 0.15) is 80.2 Å². The van der Waals surface area contributed by atoms with Crippen molar-refractivity contribution in [3.05, 3.63) is 64.7 Å². The van der Waals surface area contributed by atoms with Gasteiger partial charge in [0.1, 0.15) is 12.2 Å². The molecule has 0 amide bonds. The number of nitrogens with zero attached hydrogens (tertiary/aromatic N) is 2. The second-order valence-corrected chi connectivity index (χ2v) is 12.2. The zero-order valence-corrected chi connectivity index (χ0v) is 23.2. The Kier molecular flexibility index (Phi) is 6.24. The van der Waals surface area contributed by atoms with E-state index in [0.717, 1.165) is 10.7 Å². The molecular formula is C30H26F6N2O6. The lowest BCUT2D eigenvalue weighted by atomic mass is 9.40. The van der Waals surface area contributed by atoms with Crippen molar-refractivity contribution in [3.63, 3.8) is 0 Å². The highest BCUT2D eigenvalue weighted by Gasteiger charge is 2.70. The van der Waals surface area contributed by atoms with Gasteiger partial charge in [-0.3, -0.25) is 4.79 Å². The van der Waals surface area contributed by atoms with Gasteiger partial charge in [0, 0.05) is 11.6 Å². The first kappa shape index (κ1) is 28.8. The molecular weight excluding hydrogens is 598 g/mol. The Morgan fingerprint density at radius 3 is 2.57 bits per heavy atom. The number of hydrogen-bond donors (Lipinski definition) is 1. The topological polar surface area (TPSA) is 92.0 Å². The molecule has 3 saturated carbocycles. The predicted molar refractivity (Wildman–Crippen MR) is 138 cm³/mol. The number of aliphatic carboxylic acids is 1. The molecule has 0 unspecified atom stereocenters. The number of benzene rings is 2. The molecule has 0 saturated heterocycles. The minimum Gasteiger partial charge on any atom is -0.483 e. The summed E-state index contributed by atoms with van der Waals surface area (Å²) in [6, 6.07) is 7.56. The second kappa shape index (κ2) is 9.53. The number of carboxylic acid groups (broad SMARTS) is 1. The maximum Gasteiger partial charge on any atom is 0.586 e. The molecule has 2 heterocycles. The normalized spacial score (nSPS) is 26.8. The number of alkyl halides is 5. The molecule has 44 heavy (non-hydrogen) atoms. The molecule has 8 nitrogen and oxygen atoms in total. The van der Waals surface area contributed by atoms with Crippen LogP contribution in [0.25, 0.3) is 5.69 Å². The highest BCUT2D eigenvalue weighted by Crippen LogP contribution is 2.72. The molecule has 234 valence electrons. The van der Waals surface area contributed by atoms with Crippen molar-refractivity contribution in [1.82, 2.24) is 9.78 Å². The van der Waals surface area contributed by atoms with Crippen LogP contribution in [0.3, 0.4) is 0 Å². The minimum absolute atomic E-state index is 0.0120. The van der Waals surface area contributed by atoms with Gasteiger partial charge in [0.15, 0.2) is 28.8 Å². The lowest BCUT2D eigenvalue weighted by Gasteiger charge is -2.70. The smallest absolute Gasteiger partial charge is 0.483 e. The highest BCUT2D eigenvalue weighted by molar-refractivity contribution is 5.68. The first-order valence-corrected chi connectivity index (χ1v) is 14.1. The van der Waals surface area contributed by atoms with Gasteiger partial charge in [0.2, 0.25) is 0 Å². The Balaban J connectivity index is 1.19. The van der Waals surface area contributed by atoms with E-state index in [-0.39, 0.29) is 52.4 Å². The van der Waals surface area contributed by atoms with Crippen LogP contribution < -0.4 is 14.2 Å². The lowest BCUT2D eigenvalue weighted by Crippen LogP contribution is -2.69. The van der Waals surface area contributed by atoms with Crippen LogP contribution in [0.15, 0.2) is 36.4 Å². The lowest BCUT2D eigenvalue weighted by molar-refractivity contribution is -0.307. The van der Waals surface area contributed by atoms with Gasteiger partial charge >= 0.3 is 18.4 Å². The Morgan fingerprint density at radius 2 is 1.86 bits per heavy atom. The van der Waals surface area contributed by atoms with Gasteiger partial charge in [-0.25, -0.2) is 9.07 Å². The summed E-state index contributed by atoms with van der Waals surface area (Å²) in [5, 5.41) is 13.1. The third-order valence-electron chi connectivity index (χ3n) is 8.86. The van der Waals surface area contributed by atoms with Crippen LogP contribution in [-0.2, 0) is 22.1 Å². The summed E-state index contributed by atoms with van der Waals surface area (Å²) in [5.41, 5.74) is -1.23. The molecule has 14 heteroatoms. The van der Waals surface area contributed by atoms with Gasteiger partial charge in [0.05, 0.1) is 23.4 Å². The number of carboxylic acids is 1. The fourth-order valence-corrected chi connectivity index (χ4v) is 7.20. The van der Waals surface area contributed by atoms with E-state index in [1.165, 1.54) is 30.3 Å². The molecule has 1 aliphatic heterocycles. The quantitative estimate of drug-likeness (QED) is 0.263. The van der Waals surface area contributed by atoms with E-state index in [0.29, 0.717) is 37.7 Å². The van der Waals surface area contributed by atoms with Crippen LogP contribution in [0.5, 0.6) is 17.2 Å². The van der Waals surface area contributed by atoms with E-state index in [2.05, 4.69) is 14.6 Å². The fourth-order valence-electron chi connectivity index (χ4n) is 7.20. The van der Waals surface area contributed by atoms with E-state index in [4.69, 9.17) is 9.47 Å². The van der Waals surface area contributed by atoms with Crippen LogP contribution in [0.2, 0.25) is 0 Å². The number of rotatable bonds is 8. The number of fused-ring (bicyclic) bond motifs is 2. The number of ether oxygens (including phenoxy) is 4. The third-order valence-corrected chi connectivity index (χ3v) is 8.86. The number of halogens is 6. The third kappa shape index (κ3) is 4.83. The summed E-state index contributed by atoms with van der Waals surface area (Å²) in [4.78, 5) is 11.2. The molecule has 3 aromatic rings. The van der Waals surface area contributed by atoms with Crippen molar-refractivity contribution >= 4 is 5.97 Å². The Labute approximate surface area is 246 Å². The largest absolute Gasteiger partial charge is 0.586 e. The minimum atomic E-state index is -4.75. The molecule has 8 rings (SSSR count). The highest BCUT2D eigenvalue weighted by atomic mass is 19.4. The average Bonchev–Trinajstić information content (AvgIpc) is 3.44. The van der Waals surface area contributed by atoms with E-state index in [1.54, 1.807) is 6.92 Å². The zero-order valence-electron chi connectivity index (χ0n) is 23.2. The molecule has 1 aromatic heterocycles. The van der Waals surface area contributed by atoms with Crippen molar-refractivity contribution in [2.24, 2.45) is 5.41 Å². The summed E-state index contributed by atoms with van der Waals surface area (Å²) in [7, 11) is 0. The Bertz CT molecular complexity index is 1650. The Hall–Kier alpha value is -3.94. The van der Waals surface area contributed by atoms with Gasteiger partial charge < -0.3 is 24.1 Å². The van der Waals surface area contributed by atoms with E-state index >= 15 is 0 Å². The Morgan fingerprint density at radius 1 is 1.14 bits per heavy atom. The molecule has 0 spiro atoms. The molecule has 1 N–H and O–H groups in total. The molecule has 2 atom stereocenters. The van der Waals surface area contributed by atoms with Crippen molar-refractivity contribution in [2.45, 2.75) is 82.1 Å². The molecule has 4 aliphatic carbocycles. The van der Waals surface area contributed by atoms with Crippen molar-refractivity contribution in [3.8, 4) is 22.9 Å². The first-order chi connectivity index (χ1) is 20.6. The van der Waals surface area contributed by atoms with Gasteiger partial charge in [-0.2, -0.15) is 18.3 Å². The molecule has 3 fully saturated rings. The van der Waals surface area contributed by atoms with E-state index in [9.17, 15) is 36.2 Å². The van der Waals surface area contributed by atoms with E-state index < -0.39 is 47.8 Å². The predicted octanol–water partition coefficient (Wildman–Crippen LogP) is 7.28. The fraction of sp³-hybridized carbons (Fsp3) is 0.467. The van der Waals surface area contributed by atoms with Crippen molar-refractivity contribution in [1.29, 1.82) is 0 Å². The van der Waals surface area contributed by atoms with Crippen molar-refractivity contribution in [2.75, 3.05) is 0 Å². The zero-order chi connectivity index (χ0) is 31.2. The van der Waals surface area contributed by atoms with Crippen LogP contribution in [0.4, 0.5) is 26.3 Å². The van der Waals surface area contributed by atoms with Crippen LogP contribution in [0, 0.1) is 11.2 Å². The SMILES string of the molecule is C[C@H](Oc1cc(-n2nc(C(F)(F)F)c3c2[C@@H](OC24CC(CC(=O)O)(C2)C4)CCC3)ccc1F)c1ccc2c(c1)OC(F)(F)O2. The first-order valence-electron chi connectivity index (χ1n) is 14.1. The van der Waals surface area contributed by atoms with E-state index in [1.807, 2.05) is 0 Å². The molecule has 2 aromatic carbocycles. The van der Waals surface area contributed by atoms with Crippen molar-refractivity contribution < 1.29 is 55.2 Å². The summed E-state index contributed by atoms with van der Waals surface area (Å²) in [6.07, 6.45) is -7.54. The molecule has 0 radical (unpaired) electrons. The van der Waals surface area contributed by atoms with Gasteiger partial charge in [-0.05, 0) is 80.7 Å². The molecule has 5 aliphatic rings. The number of aromatic nitrogens is 2. The van der Waals surface area contributed by atoms with Crippen LogP contribution in [-0.4, -0.2) is 32.8 Å². The summed E-state index contributed by atoms with van der Waals surface area (Å²) in [5.74, 6) is -2.37. The van der Waals surface area contributed by atoms with Gasteiger partial charge in [-0.15, -0.1) is 8.78 Å². The maximum absolute atomic E-state index is 15.0. The molecule has 2 bridgehead atoms. The van der Waals surface area contributed by atoms with Crippen LogP contribution >= 0.6 is 0 Å².